The molecule has 1 amide bonds. The number of fused-ring (bicyclic) bond motifs is 3. The minimum Gasteiger partial charge on any atom is -0.309 e. The van der Waals surface area contributed by atoms with Crippen molar-refractivity contribution in [3.8, 4) is 0 Å². The molecule has 0 bridgehead atoms. The number of aromatic nitrogens is 5. The van der Waals surface area contributed by atoms with Crippen molar-refractivity contribution in [2.24, 2.45) is 0 Å². The van der Waals surface area contributed by atoms with Gasteiger partial charge in [0.25, 0.3) is 5.56 Å². The first-order chi connectivity index (χ1) is 13.7. The molecule has 0 atom stereocenters. The molecule has 8 nitrogen and oxygen atoms in total. The van der Waals surface area contributed by atoms with Crippen LogP contribution in [-0.4, -0.2) is 30.1 Å². The number of rotatable bonds is 3. The first kappa shape index (κ1) is 18.5. The van der Waals surface area contributed by atoms with Crippen molar-refractivity contribution in [1.82, 2.24) is 24.1 Å². The lowest BCUT2D eigenvalue weighted by Gasteiger charge is -2.10. The number of carbonyl (C=O) groups is 1. The standard InChI is InChI=1S/C17H10F4N6O2/c18-9-3-4-12(23-7-9)24-13(28)8-26-14-6-11(17(19,20)21)25-27(14)15-10(16(26)29)2-1-5-22-15/h1-7H,8H2,(H,23,24,28). The van der Waals surface area contributed by atoms with Crippen molar-refractivity contribution in [1.29, 1.82) is 0 Å². The molecule has 0 radical (unpaired) electrons. The Kier molecular flexibility index (Phi) is 4.25. The van der Waals surface area contributed by atoms with Gasteiger partial charge in [0.05, 0.1) is 11.6 Å². The molecular weight excluding hydrogens is 396 g/mol. The summed E-state index contributed by atoms with van der Waals surface area (Å²) in [7, 11) is 0. The molecule has 0 aliphatic heterocycles. The molecule has 0 aromatic carbocycles. The summed E-state index contributed by atoms with van der Waals surface area (Å²) in [6.45, 7) is -0.616. The van der Waals surface area contributed by atoms with Crippen LogP contribution in [0.15, 0.2) is 47.5 Å². The van der Waals surface area contributed by atoms with Gasteiger partial charge in [-0.25, -0.2) is 14.4 Å². The van der Waals surface area contributed by atoms with Crippen LogP contribution >= 0.6 is 0 Å². The number of hydrogen-bond acceptors (Lipinski definition) is 5. The van der Waals surface area contributed by atoms with Crippen molar-refractivity contribution < 1.29 is 22.4 Å². The topological polar surface area (TPSA) is 94.2 Å². The SMILES string of the molecule is O=C(Cn1c(=O)c2cccnc2n2nc(C(F)(F)F)cc12)Nc1ccc(F)cn1. The fraction of sp³-hybridized carbons (Fsp3) is 0.118. The minimum absolute atomic E-state index is 0.00969. The van der Waals surface area contributed by atoms with Gasteiger partial charge in [0.2, 0.25) is 5.91 Å². The molecule has 4 heterocycles. The third-order valence-electron chi connectivity index (χ3n) is 4.02. The van der Waals surface area contributed by atoms with Crippen LogP contribution in [0.2, 0.25) is 0 Å². The maximum atomic E-state index is 13.1. The number of carbonyl (C=O) groups excluding carboxylic acids is 1. The molecule has 0 saturated carbocycles. The Morgan fingerprint density at radius 3 is 2.66 bits per heavy atom. The Morgan fingerprint density at radius 2 is 1.97 bits per heavy atom. The number of anilines is 1. The Bertz CT molecular complexity index is 1290. The zero-order valence-electron chi connectivity index (χ0n) is 14.3. The Balaban J connectivity index is 1.82. The molecule has 1 N–H and O–H groups in total. The maximum absolute atomic E-state index is 13.1. The second-order valence-electron chi connectivity index (χ2n) is 5.97. The van der Waals surface area contributed by atoms with Gasteiger partial charge in [0, 0.05) is 12.3 Å². The molecule has 0 saturated heterocycles. The summed E-state index contributed by atoms with van der Waals surface area (Å²) in [6.07, 6.45) is -2.56. The highest BCUT2D eigenvalue weighted by atomic mass is 19.4. The van der Waals surface area contributed by atoms with Crippen LogP contribution in [0.5, 0.6) is 0 Å². The molecule has 29 heavy (non-hydrogen) atoms. The van der Waals surface area contributed by atoms with Gasteiger partial charge < -0.3 is 5.32 Å². The molecular formula is C17H10F4N6O2. The Morgan fingerprint density at radius 1 is 1.17 bits per heavy atom. The number of alkyl halides is 3. The van der Waals surface area contributed by atoms with E-state index < -0.39 is 35.7 Å². The van der Waals surface area contributed by atoms with Crippen molar-refractivity contribution in [2.75, 3.05) is 5.32 Å². The number of amides is 1. The average Bonchev–Trinajstić information content (AvgIpc) is 3.13. The number of halogens is 4. The van der Waals surface area contributed by atoms with E-state index in [9.17, 15) is 27.2 Å². The lowest BCUT2D eigenvalue weighted by molar-refractivity contribution is -0.141. The highest BCUT2D eigenvalue weighted by Gasteiger charge is 2.35. The van der Waals surface area contributed by atoms with Crippen LogP contribution in [0.3, 0.4) is 0 Å². The van der Waals surface area contributed by atoms with Crippen LogP contribution in [0.1, 0.15) is 5.69 Å². The van der Waals surface area contributed by atoms with Gasteiger partial charge in [-0.1, -0.05) is 0 Å². The second kappa shape index (κ2) is 6.65. The summed E-state index contributed by atoms with van der Waals surface area (Å²) >= 11 is 0. The summed E-state index contributed by atoms with van der Waals surface area (Å²) in [5.74, 6) is -1.33. The summed E-state index contributed by atoms with van der Waals surface area (Å²) in [5.41, 5.74) is -2.27. The molecule has 148 valence electrons. The highest BCUT2D eigenvalue weighted by Crippen LogP contribution is 2.29. The van der Waals surface area contributed by atoms with E-state index in [1.807, 2.05) is 0 Å². The lowest BCUT2D eigenvalue weighted by Crippen LogP contribution is -2.29. The van der Waals surface area contributed by atoms with Crippen molar-refractivity contribution in [3.05, 3.63) is 64.6 Å². The number of pyridine rings is 2. The number of hydrogen-bond donors (Lipinski definition) is 1. The zero-order chi connectivity index (χ0) is 20.8. The molecule has 0 aliphatic carbocycles. The smallest absolute Gasteiger partial charge is 0.309 e. The molecule has 12 heteroatoms. The fourth-order valence-electron chi connectivity index (χ4n) is 2.77. The Labute approximate surface area is 158 Å². The highest BCUT2D eigenvalue weighted by molar-refractivity contribution is 5.90. The molecule has 4 aromatic rings. The van der Waals surface area contributed by atoms with Crippen LogP contribution in [0.25, 0.3) is 16.7 Å². The second-order valence-corrected chi connectivity index (χ2v) is 5.97. The van der Waals surface area contributed by atoms with E-state index in [2.05, 4.69) is 20.4 Å². The van der Waals surface area contributed by atoms with Gasteiger partial charge >= 0.3 is 6.18 Å². The first-order valence-electron chi connectivity index (χ1n) is 8.10. The maximum Gasteiger partial charge on any atom is 0.435 e. The van der Waals surface area contributed by atoms with E-state index in [4.69, 9.17) is 0 Å². The summed E-state index contributed by atoms with van der Waals surface area (Å²) < 4.78 is 54.1. The summed E-state index contributed by atoms with van der Waals surface area (Å²) in [5, 5.41) is 5.84. The normalized spacial score (nSPS) is 11.9. The van der Waals surface area contributed by atoms with Crippen molar-refractivity contribution in [2.45, 2.75) is 12.7 Å². The minimum atomic E-state index is -4.76. The van der Waals surface area contributed by atoms with Crippen molar-refractivity contribution >= 4 is 28.4 Å². The van der Waals surface area contributed by atoms with E-state index in [1.54, 1.807) is 0 Å². The van der Waals surface area contributed by atoms with E-state index >= 15 is 0 Å². The third-order valence-corrected chi connectivity index (χ3v) is 4.02. The van der Waals surface area contributed by atoms with Gasteiger partial charge in [-0.15, -0.1) is 0 Å². The van der Waals surface area contributed by atoms with Crippen LogP contribution in [-0.2, 0) is 17.5 Å². The predicted octanol–water partition coefficient (Wildman–Crippen LogP) is 2.24. The monoisotopic (exact) mass is 406 g/mol. The number of nitrogens with one attached hydrogen (secondary N) is 1. The predicted molar refractivity (Wildman–Crippen MR) is 92.6 cm³/mol. The van der Waals surface area contributed by atoms with Crippen LogP contribution in [0, 0.1) is 5.82 Å². The molecule has 4 aromatic heterocycles. The van der Waals surface area contributed by atoms with Gasteiger partial charge in [-0.3, -0.25) is 14.2 Å². The van der Waals surface area contributed by atoms with Gasteiger partial charge in [0.1, 0.15) is 23.8 Å². The average molecular weight is 406 g/mol. The molecule has 0 fully saturated rings. The van der Waals surface area contributed by atoms with E-state index in [-0.39, 0.29) is 22.5 Å². The van der Waals surface area contributed by atoms with Crippen LogP contribution < -0.4 is 10.9 Å². The quantitative estimate of drug-likeness (QED) is 0.527. The number of nitrogens with zero attached hydrogens (tertiary/aromatic N) is 5. The van der Waals surface area contributed by atoms with Crippen LogP contribution in [0.4, 0.5) is 23.4 Å². The molecule has 0 spiro atoms. The van der Waals surface area contributed by atoms with Gasteiger partial charge in [0.15, 0.2) is 11.3 Å². The third kappa shape index (κ3) is 3.39. The largest absolute Gasteiger partial charge is 0.435 e. The first-order valence-corrected chi connectivity index (χ1v) is 8.10. The zero-order valence-corrected chi connectivity index (χ0v) is 14.3. The van der Waals surface area contributed by atoms with E-state index in [0.29, 0.717) is 6.07 Å². The molecule has 0 unspecified atom stereocenters. The van der Waals surface area contributed by atoms with Gasteiger partial charge in [-0.05, 0) is 24.3 Å². The van der Waals surface area contributed by atoms with E-state index in [0.717, 1.165) is 21.3 Å². The molecule has 0 aliphatic rings. The summed E-state index contributed by atoms with van der Waals surface area (Å²) in [4.78, 5) is 32.7. The lowest BCUT2D eigenvalue weighted by atomic mass is 10.3. The summed E-state index contributed by atoms with van der Waals surface area (Å²) in [6, 6.07) is 5.75. The van der Waals surface area contributed by atoms with Crippen molar-refractivity contribution in [3.63, 3.8) is 0 Å². The fourth-order valence-corrected chi connectivity index (χ4v) is 2.77. The Hall–Kier alpha value is -3.83. The van der Waals surface area contributed by atoms with E-state index in [1.165, 1.54) is 24.4 Å². The van der Waals surface area contributed by atoms with Gasteiger partial charge in [-0.2, -0.15) is 22.8 Å². The molecule has 4 rings (SSSR count).